The molecule has 0 amide bonds. The van der Waals surface area contributed by atoms with Gasteiger partial charge in [-0.2, -0.15) is 0 Å². The number of hydrogen-bond acceptors (Lipinski definition) is 2. The Kier molecular flexibility index (Phi) is 6.91. The standard InChI is InChI=1S/C15H21N3S/c1-5-11-17-15(16-6-2)18(3)12-13-7-9-14(19-4)10-8-13/h1,7-10H,6,11-12H2,2-4H3,(H,16,17). The number of rotatable bonds is 5. The molecular weight excluding hydrogens is 254 g/mol. The van der Waals surface area contributed by atoms with Gasteiger partial charge >= 0.3 is 0 Å². The fraction of sp³-hybridized carbons (Fsp3) is 0.400. The molecule has 1 aromatic carbocycles. The van der Waals surface area contributed by atoms with Crippen LogP contribution in [0.3, 0.4) is 0 Å². The van der Waals surface area contributed by atoms with E-state index in [4.69, 9.17) is 6.42 Å². The molecule has 1 N–H and O–H groups in total. The van der Waals surface area contributed by atoms with Crippen LogP contribution in [0.25, 0.3) is 0 Å². The molecule has 0 fully saturated rings. The summed E-state index contributed by atoms with van der Waals surface area (Å²) in [6, 6.07) is 8.57. The first kappa shape index (κ1) is 15.5. The lowest BCUT2D eigenvalue weighted by Crippen LogP contribution is -2.38. The van der Waals surface area contributed by atoms with Crippen LogP contribution in [-0.2, 0) is 6.54 Å². The summed E-state index contributed by atoms with van der Waals surface area (Å²) in [6.45, 7) is 4.09. The van der Waals surface area contributed by atoms with Crippen molar-refractivity contribution in [3.63, 3.8) is 0 Å². The molecule has 0 aliphatic heterocycles. The molecule has 1 aromatic rings. The lowest BCUT2D eigenvalue weighted by molar-refractivity contribution is 0.478. The maximum atomic E-state index is 5.25. The minimum absolute atomic E-state index is 0.401. The summed E-state index contributed by atoms with van der Waals surface area (Å²) in [5.74, 6) is 3.38. The topological polar surface area (TPSA) is 27.6 Å². The Labute approximate surface area is 120 Å². The Hall–Kier alpha value is -1.60. The smallest absolute Gasteiger partial charge is 0.194 e. The third-order valence-electron chi connectivity index (χ3n) is 2.60. The fourth-order valence-electron chi connectivity index (χ4n) is 1.67. The number of hydrogen-bond donors (Lipinski definition) is 1. The average Bonchev–Trinajstić information content (AvgIpc) is 2.44. The van der Waals surface area contributed by atoms with Crippen molar-refractivity contribution in [1.82, 2.24) is 10.2 Å². The van der Waals surface area contributed by atoms with Gasteiger partial charge in [-0.1, -0.05) is 18.1 Å². The van der Waals surface area contributed by atoms with E-state index in [2.05, 4.69) is 51.7 Å². The van der Waals surface area contributed by atoms with Crippen LogP contribution < -0.4 is 5.32 Å². The second-order valence-corrected chi connectivity index (χ2v) is 4.96. The van der Waals surface area contributed by atoms with Gasteiger partial charge in [0.2, 0.25) is 0 Å². The molecule has 4 heteroatoms. The first-order valence-corrected chi connectivity index (χ1v) is 7.49. The highest BCUT2D eigenvalue weighted by Crippen LogP contribution is 2.15. The maximum absolute atomic E-state index is 5.25. The predicted octanol–water partition coefficient (Wildman–Crippen LogP) is 2.44. The molecule has 0 radical (unpaired) electrons. The molecule has 1 rings (SSSR count). The molecule has 0 aliphatic rings. The van der Waals surface area contributed by atoms with Crippen molar-refractivity contribution >= 4 is 17.7 Å². The van der Waals surface area contributed by atoms with Crippen LogP contribution in [0.4, 0.5) is 0 Å². The molecule has 0 aromatic heterocycles. The van der Waals surface area contributed by atoms with Crippen LogP contribution in [0.2, 0.25) is 0 Å². The lowest BCUT2D eigenvalue weighted by Gasteiger charge is -2.22. The predicted molar refractivity (Wildman–Crippen MR) is 84.5 cm³/mol. The van der Waals surface area contributed by atoms with Crippen molar-refractivity contribution < 1.29 is 0 Å². The largest absolute Gasteiger partial charge is 0.356 e. The minimum Gasteiger partial charge on any atom is -0.356 e. The van der Waals surface area contributed by atoms with Crippen molar-refractivity contribution in [2.45, 2.75) is 18.4 Å². The molecule has 0 unspecified atom stereocenters. The van der Waals surface area contributed by atoms with Crippen molar-refractivity contribution in [3.05, 3.63) is 29.8 Å². The summed E-state index contributed by atoms with van der Waals surface area (Å²) in [7, 11) is 2.01. The summed E-state index contributed by atoms with van der Waals surface area (Å²) >= 11 is 1.75. The van der Waals surface area contributed by atoms with Crippen LogP contribution in [0, 0.1) is 12.3 Å². The van der Waals surface area contributed by atoms with Crippen molar-refractivity contribution in [2.24, 2.45) is 4.99 Å². The van der Waals surface area contributed by atoms with E-state index in [-0.39, 0.29) is 0 Å². The molecule has 0 heterocycles. The number of guanidine groups is 1. The molecule has 0 aliphatic carbocycles. The second-order valence-electron chi connectivity index (χ2n) is 4.08. The Bertz CT molecular complexity index is 445. The Balaban J connectivity index is 2.69. The van der Waals surface area contributed by atoms with Crippen molar-refractivity contribution in [3.8, 4) is 12.3 Å². The second kappa shape index (κ2) is 8.49. The molecule has 0 saturated carbocycles. The van der Waals surface area contributed by atoms with Gasteiger partial charge < -0.3 is 10.2 Å². The van der Waals surface area contributed by atoms with Gasteiger partial charge in [0.25, 0.3) is 0 Å². The highest BCUT2D eigenvalue weighted by Gasteiger charge is 2.05. The molecule has 0 saturated heterocycles. The van der Waals surface area contributed by atoms with Gasteiger partial charge in [0.15, 0.2) is 5.96 Å². The zero-order valence-corrected chi connectivity index (χ0v) is 12.6. The number of terminal acetylenes is 1. The van der Waals surface area contributed by atoms with Gasteiger partial charge in [-0.3, -0.25) is 0 Å². The highest BCUT2D eigenvalue weighted by atomic mass is 32.2. The van der Waals surface area contributed by atoms with Gasteiger partial charge in [-0.05, 0) is 30.9 Å². The van der Waals surface area contributed by atoms with Crippen LogP contribution in [0.5, 0.6) is 0 Å². The van der Waals surface area contributed by atoms with E-state index in [0.29, 0.717) is 6.54 Å². The Morgan fingerprint density at radius 2 is 2.11 bits per heavy atom. The SMILES string of the molecule is C#CCN=C(NCC)N(C)Cc1ccc(SC)cc1. The van der Waals surface area contributed by atoms with Gasteiger partial charge in [0, 0.05) is 25.0 Å². The highest BCUT2D eigenvalue weighted by molar-refractivity contribution is 7.98. The van der Waals surface area contributed by atoms with E-state index < -0.39 is 0 Å². The van der Waals surface area contributed by atoms with E-state index in [1.807, 2.05) is 14.0 Å². The third kappa shape index (κ3) is 5.27. The average molecular weight is 275 g/mol. The van der Waals surface area contributed by atoms with E-state index in [1.165, 1.54) is 10.5 Å². The normalized spacial score (nSPS) is 10.9. The molecule has 0 spiro atoms. The summed E-state index contributed by atoms with van der Waals surface area (Å²) in [4.78, 5) is 7.71. The summed E-state index contributed by atoms with van der Waals surface area (Å²) in [5.41, 5.74) is 1.26. The molecule has 0 bridgehead atoms. The Morgan fingerprint density at radius 3 is 2.63 bits per heavy atom. The van der Waals surface area contributed by atoms with Gasteiger partial charge in [-0.25, -0.2) is 4.99 Å². The molecule has 102 valence electrons. The summed E-state index contributed by atoms with van der Waals surface area (Å²) < 4.78 is 0. The van der Waals surface area contributed by atoms with Gasteiger partial charge in [0.1, 0.15) is 6.54 Å². The van der Waals surface area contributed by atoms with E-state index in [9.17, 15) is 0 Å². The van der Waals surface area contributed by atoms with Gasteiger partial charge in [-0.15, -0.1) is 18.2 Å². The minimum atomic E-state index is 0.401. The van der Waals surface area contributed by atoms with Crippen molar-refractivity contribution in [1.29, 1.82) is 0 Å². The quantitative estimate of drug-likeness (QED) is 0.387. The van der Waals surface area contributed by atoms with E-state index >= 15 is 0 Å². The van der Waals surface area contributed by atoms with Crippen LogP contribution in [0.1, 0.15) is 12.5 Å². The molecule has 0 atom stereocenters. The van der Waals surface area contributed by atoms with Crippen LogP contribution in [-0.4, -0.2) is 37.3 Å². The van der Waals surface area contributed by atoms with E-state index in [0.717, 1.165) is 19.0 Å². The van der Waals surface area contributed by atoms with Crippen molar-refractivity contribution in [2.75, 3.05) is 26.4 Å². The first-order chi connectivity index (χ1) is 9.21. The van der Waals surface area contributed by atoms with Crippen LogP contribution >= 0.6 is 11.8 Å². The molecule has 3 nitrogen and oxygen atoms in total. The zero-order chi connectivity index (χ0) is 14.1. The lowest BCUT2D eigenvalue weighted by atomic mass is 10.2. The number of thioether (sulfide) groups is 1. The Morgan fingerprint density at radius 1 is 1.42 bits per heavy atom. The number of benzene rings is 1. The maximum Gasteiger partial charge on any atom is 0.194 e. The number of nitrogens with zero attached hydrogens (tertiary/aromatic N) is 2. The number of nitrogens with one attached hydrogen (secondary N) is 1. The monoisotopic (exact) mass is 275 g/mol. The fourth-order valence-corrected chi connectivity index (χ4v) is 2.08. The number of aliphatic imine (C=N–C) groups is 1. The summed E-state index contributed by atoms with van der Waals surface area (Å²) in [6.07, 6.45) is 7.33. The van der Waals surface area contributed by atoms with E-state index in [1.54, 1.807) is 11.8 Å². The van der Waals surface area contributed by atoms with Crippen LogP contribution in [0.15, 0.2) is 34.2 Å². The first-order valence-electron chi connectivity index (χ1n) is 6.27. The van der Waals surface area contributed by atoms with Gasteiger partial charge in [0.05, 0.1) is 0 Å². The molecular formula is C15H21N3S. The molecule has 19 heavy (non-hydrogen) atoms. The zero-order valence-electron chi connectivity index (χ0n) is 11.8. The third-order valence-corrected chi connectivity index (χ3v) is 3.34. The summed E-state index contributed by atoms with van der Waals surface area (Å²) in [5, 5.41) is 3.24.